The Morgan fingerprint density at radius 2 is 1.50 bits per heavy atom. The van der Waals surface area contributed by atoms with Gasteiger partial charge in [0.15, 0.2) is 0 Å². The second kappa shape index (κ2) is 6.69. The topological polar surface area (TPSA) is 40.6 Å². The Hall–Kier alpha value is -1.55. The number of nitrogens with zero attached hydrogens (tertiary/aromatic N) is 2. The Bertz CT molecular complexity index is 541. The molecule has 1 aromatic carbocycles. The van der Waals surface area contributed by atoms with Crippen molar-refractivity contribution in [3.05, 3.63) is 34.9 Å². The number of amides is 2. The fraction of sp³-hybridized carbons (Fsp3) is 0.529. The van der Waals surface area contributed by atoms with Crippen LogP contribution >= 0.6 is 11.6 Å². The van der Waals surface area contributed by atoms with Crippen LogP contribution in [-0.4, -0.2) is 47.8 Å². The minimum Gasteiger partial charge on any atom is -0.339 e. The third-order valence-corrected chi connectivity index (χ3v) is 3.94. The van der Waals surface area contributed by atoms with E-state index in [1.165, 1.54) is 0 Å². The minimum absolute atomic E-state index is 0.000382. The zero-order chi connectivity index (χ0) is 16.3. The van der Waals surface area contributed by atoms with Crippen LogP contribution in [0.4, 0.5) is 0 Å². The van der Waals surface area contributed by atoms with Gasteiger partial charge in [0.05, 0.1) is 0 Å². The summed E-state index contributed by atoms with van der Waals surface area (Å²) in [6.45, 7) is 8.55. The van der Waals surface area contributed by atoms with Gasteiger partial charge in [-0.2, -0.15) is 0 Å². The molecule has 120 valence electrons. The quantitative estimate of drug-likeness (QED) is 0.839. The summed E-state index contributed by atoms with van der Waals surface area (Å²) in [6, 6.07) is 6.92. The molecule has 0 saturated carbocycles. The van der Waals surface area contributed by atoms with E-state index in [0.717, 1.165) is 0 Å². The van der Waals surface area contributed by atoms with Crippen molar-refractivity contribution in [1.82, 2.24) is 9.80 Å². The number of carbonyl (C=O) groups excluding carboxylic acids is 2. The zero-order valence-electron chi connectivity index (χ0n) is 13.4. The highest BCUT2D eigenvalue weighted by Crippen LogP contribution is 2.20. The number of piperazine rings is 1. The van der Waals surface area contributed by atoms with Crippen molar-refractivity contribution in [3.8, 4) is 0 Å². The molecule has 22 heavy (non-hydrogen) atoms. The van der Waals surface area contributed by atoms with Gasteiger partial charge in [0.1, 0.15) is 0 Å². The number of hydrogen-bond acceptors (Lipinski definition) is 2. The number of benzene rings is 1. The lowest BCUT2D eigenvalue weighted by Crippen LogP contribution is -2.51. The maximum atomic E-state index is 12.4. The average Bonchev–Trinajstić information content (AvgIpc) is 2.46. The summed E-state index contributed by atoms with van der Waals surface area (Å²) in [7, 11) is 0. The van der Waals surface area contributed by atoms with Crippen LogP contribution in [0.2, 0.25) is 5.02 Å². The van der Waals surface area contributed by atoms with Gasteiger partial charge in [0, 0.05) is 43.2 Å². The summed E-state index contributed by atoms with van der Waals surface area (Å²) in [5, 5.41) is 0.620. The van der Waals surface area contributed by atoms with E-state index < -0.39 is 0 Å². The molecule has 0 N–H and O–H groups in total. The third-order valence-electron chi connectivity index (χ3n) is 3.69. The van der Waals surface area contributed by atoms with Gasteiger partial charge >= 0.3 is 0 Å². The van der Waals surface area contributed by atoms with Crippen LogP contribution in [0.1, 0.15) is 37.6 Å². The Labute approximate surface area is 137 Å². The molecule has 0 aliphatic carbocycles. The van der Waals surface area contributed by atoms with E-state index in [9.17, 15) is 9.59 Å². The molecular formula is C17H23ClN2O2. The zero-order valence-corrected chi connectivity index (χ0v) is 14.2. The molecule has 2 amide bonds. The van der Waals surface area contributed by atoms with Crippen molar-refractivity contribution in [3.63, 3.8) is 0 Å². The number of hydrogen-bond donors (Lipinski definition) is 0. The van der Waals surface area contributed by atoms with E-state index in [1.807, 2.05) is 4.90 Å². The molecule has 2 rings (SSSR count). The molecule has 0 unspecified atom stereocenters. The first-order valence-corrected chi connectivity index (χ1v) is 7.97. The van der Waals surface area contributed by atoms with Gasteiger partial charge in [0.25, 0.3) is 5.91 Å². The number of rotatable bonds is 2. The highest BCUT2D eigenvalue weighted by Gasteiger charge is 2.27. The Morgan fingerprint density at radius 3 is 2.00 bits per heavy atom. The largest absolute Gasteiger partial charge is 0.339 e. The van der Waals surface area contributed by atoms with Crippen LogP contribution in [0, 0.1) is 5.41 Å². The van der Waals surface area contributed by atoms with Crippen molar-refractivity contribution in [2.45, 2.75) is 27.2 Å². The summed E-state index contributed by atoms with van der Waals surface area (Å²) in [4.78, 5) is 28.3. The Morgan fingerprint density at radius 1 is 1.00 bits per heavy atom. The predicted octanol–water partition coefficient (Wildman–Crippen LogP) is 3.06. The molecule has 0 spiro atoms. The number of carbonyl (C=O) groups is 2. The molecule has 1 aliphatic heterocycles. The first-order valence-electron chi connectivity index (χ1n) is 7.59. The van der Waals surface area contributed by atoms with Gasteiger partial charge in [-0.1, -0.05) is 32.4 Å². The van der Waals surface area contributed by atoms with Crippen LogP contribution < -0.4 is 0 Å². The molecule has 0 radical (unpaired) electrons. The molecule has 0 atom stereocenters. The summed E-state index contributed by atoms with van der Waals surface area (Å²) >= 11 is 5.84. The van der Waals surface area contributed by atoms with Gasteiger partial charge in [0.2, 0.25) is 5.91 Å². The van der Waals surface area contributed by atoms with E-state index in [2.05, 4.69) is 20.8 Å². The average molecular weight is 323 g/mol. The van der Waals surface area contributed by atoms with Crippen molar-refractivity contribution >= 4 is 23.4 Å². The van der Waals surface area contributed by atoms with Gasteiger partial charge < -0.3 is 9.80 Å². The SMILES string of the molecule is CC(C)(C)CC(=O)N1CCN(C(=O)c2ccc(Cl)cc2)CC1. The molecule has 5 heteroatoms. The highest BCUT2D eigenvalue weighted by molar-refractivity contribution is 6.30. The lowest BCUT2D eigenvalue weighted by atomic mass is 9.91. The molecule has 1 fully saturated rings. The molecular weight excluding hydrogens is 300 g/mol. The summed E-state index contributed by atoms with van der Waals surface area (Å²) in [5.74, 6) is 0.172. The molecule has 1 aliphatic rings. The molecule has 0 aromatic heterocycles. The van der Waals surface area contributed by atoms with Crippen LogP contribution in [0.25, 0.3) is 0 Å². The fourth-order valence-corrected chi connectivity index (χ4v) is 2.63. The molecule has 1 heterocycles. The van der Waals surface area contributed by atoms with Crippen molar-refractivity contribution in [2.75, 3.05) is 26.2 Å². The summed E-state index contributed by atoms with van der Waals surface area (Å²) in [6.07, 6.45) is 0.540. The fourth-order valence-electron chi connectivity index (χ4n) is 2.50. The molecule has 1 saturated heterocycles. The highest BCUT2D eigenvalue weighted by atomic mass is 35.5. The lowest BCUT2D eigenvalue weighted by Gasteiger charge is -2.36. The molecule has 1 aromatic rings. The smallest absolute Gasteiger partial charge is 0.253 e. The molecule has 4 nitrogen and oxygen atoms in total. The summed E-state index contributed by atoms with van der Waals surface area (Å²) in [5.41, 5.74) is 0.631. The van der Waals surface area contributed by atoms with Crippen molar-refractivity contribution in [2.24, 2.45) is 5.41 Å². The van der Waals surface area contributed by atoms with E-state index in [0.29, 0.717) is 43.2 Å². The maximum Gasteiger partial charge on any atom is 0.253 e. The van der Waals surface area contributed by atoms with E-state index >= 15 is 0 Å². The second-order valence-corrected chi connectivity index (χ2v) is 7.35. The standard InChI is InChI=1S/C17H23ClN2O2/c1-17(2,3)12-15(21)19-8-10-20(11-9-19)16(22)13-4-6-14(18)7-5-13/h4-7H,8-12H2,1-3H3. The molecule has 0 bridgehead atoms. The third kappa shape index (κ3) is 4.47. The van der Waals surface area contributed by atoms with Gasteiger partial charge in [-0.25, -0.2) is 0 Å². The second-order valence-electron chi connectivity index (χ2n) is 6.92. The van der Waals surface area contributed by atoms with Crippen LogP contribution in [0.3, 0.4) is 0 Å². The van der Waals surface area contributed by atoms with E-state index in [1.54, 1.807) is 29.2 Å². The monoisotopic (exact) mass is 322 g/mol. The lowest BCUT2D eigenvalue weighted by molar-refractivity contribution is -0.134. The van der Waals surface area contributed by atoms with Crippen LogP contribution in [0.15, 0.2) is 24.3 Å². The first kappa shape index (κ1) is 16.8. The van der Waals surface area contributed by atoms with E-state index in [4.69, 9.17) is 11.6 Å². The van der Waals surface area contributed by atoms with Gasteiger partial charge in [-0.3, -0.25) is 9.59 Å². The minimum atomic E-state index is -0.00660. The van der Waals surface area contributed by atoms with Crippen LogP contribution in [0.5, 0.6) is 0 Å². The van der Waals surface area contributed by atoms with Gasteiger partial charge in [-0.15, -0.1) is 0 Å². The van der Waals surface area contributed by atoms with Crippen LogP contribution in [-0.2, 0) is 4.79 Å². The number of halogens is 1. The maximum absolute atomic E-state index is 12.4. The summed E-state index contributed by atoms with van der Waals surface area (Å²) < 4.78 is 0. The van der Waals surface area contributed by atoms with E-state index in [-0.39, 0.29) is 17.2 Å². The normalized spacial score (nSPS) is 15.8. The first-order chi connectivity index (χ1) is 10.3. The Kier molecular flexibility index (Phi) is 5.12. The van der Waals surface area contributed by atoms with Crippen molar-refractivity contribution < 1.29 is 9.59 Å². The van der Waals surface area contributed by atoms with Crippen molar-refractivity contribution in [1.29, 1.82) is 0 Å². The predicted molar refractivity (Wildman–Crippen MR) is 88.0 cm³/mol. The Balaban J connectivity index is 1.90. The van der Waals surface area contributed by atoms with Gasteiger partial charge in [-0.05, 0) is 29.7 Å².